The van der Waals surface area contributed by atoms with E-state index in [2.05, 4.69) is 17.2 Å². The summed E-state index contributed by atoms with van der Waals surface area (Å²) < 4.78 is 23.1. The second-order valence-electron chi connectivity index (χ2n) is 5.98. The zero-order valence-corrected chi connectivity index (χ0v) is 13.8. The first-order valence-corrected chi connectivity index (χ1v) is 9.07. The Hall–Kier alpha value is -2.15. The van der Waals surface area contributed by atoms with Gasteiger partial charge in [0.15, 0.2) is 9.84 Å². The number of benzene rings is 1. The van der Waals surface area contributed by atoms with Gasteiger partial charge in [0.05, 0.1) is 17.0 Å². The Morgan fingerprint density at radius 2 is 1.96 bits per heavy atom. The molecule has 2 N–H and O–H groups in total. The fourth-order valence-electron chi connectivity index (χ4n) is 2.49. The molecule has 6 nitrogen and oxygen atoms in total. The number of carbonyl (C=O) groups is 2. The molecule has 1 fully saturated rings. The van der Waals surface area contributed by atoms with E-state index in [0.717, 1.165) is 5.56 Å². The third-order valence-electron chi connectivity index (χ3n) is 3.79. The van der Waals surface area contributed by atoms with Gasteiger partial charge in [-0.25, -0.2) is 8.42 Å². The van der Waals surface area contributed by atoms with Crippen molar-refractivity contribution in [2.45, 2.75) is 25.4 Å². The number of rotatable bonds is 5. The highest BCUT2D eigenvalue weighted by atomic mass is 32.2. The van der Waals surface area contributed by atoms with Crippen molar-refractivity contribution < 1.29 is 18.0 Å². The Bertz CT molecular complexity index is 725. The fraction of sp³-hybridized carbons (Fsp3) is 0.375. The zero-order valence-electron chi connectivity index (χ0n) is 13.0. The maximum Gasteiger partial charge on any atom is 0.251 e. The van der Waals surface area contributed by atoms with Crippen LogP contribution in [0, 0.1) is 0 Å². The molecule has 0 aliphatic carbocycles. The minimum atomic E-state index is -3.07. The van der Waals surface area contributed by atoms with E-state index in [9.17, 15) is 18.0 Å². The molecule has 0 aromatic heterocycles. The quantitative estimate of drug-likeness (QED) is 0.778. The molecule has 23 heavy (non-hydrogen) atoms. The molecule has 1 aromatic rings. The topological polar surface area (TPSA) is 92.3 Å². The SMILES string of the molecule is C=CC(=O)NCc1ccc(C(=O)NC2(C)CCS(=O)(=O)C2)cc1. The van der Waals surface area contributed by atoms with Gasteiger partial charge < -0.3 is 10.6 Å². The van der Waals surface area contributed by atoms with Crippen molar-refractivity contribution in [3.8, 4) is 0 Å². The average Bonchev–Trinajstić information content (AvgIpc) is 2.78. The van der Waals surface area contributed by atoms with Gasteiger partial charge in [-0.2, -0.15) is 0 Å². The van der Waals surface area contributed by atoms with E-state index < -0.39 is 15.4 Å². The van der Waals surface area contributed by atoms with Gasteiger partial charge in [0.2, 0.25) is 5.91 Å². The van der Waals surface area contributed by atoms with E-state index in [1.54, 1.807) is 31.2 Å². The van der Waals surface area contributed by atoms with Crippen LogP contribution in [0.2, 0.25) is 0 Å². The first-order chi connectivity index (χ1) is 10.7. The van der Waals surface area contributed by atoms with E-state index >= 15 is 0 Å². The molecule has 0 saturated carbocycles. The van der Waals surface area contributed by atoms with E-state index in [0.29, 0.717) is 18.5 Å². The lowest BCUT2D eigenvalue weighted by molar-refractivity contribution is -0.116. The summed E-state index contributed by atoms with van der Waals surface area (Å²) in [6.07, 6.45) is 1.62. The van der Waals surface area contributed by atoms with Gasteiger partial charge in [-0.3, -0.25) is 9.59 Å². The summed E-state index contributed by atoms with van der Waals surface area (Å²) in [5.74, 6) is -0.489. The molecule has 2 rings (SSSR count). The molecule has 1 aromatic carbocycles. The first-order valence-electron chi connectivity index (χ1n) is 7.25. The third-order valence-corrected chi connectivity index (χ3v) is 5.69. The van der Waals surface area contributed by atoms with Crippen molar-refractivity contribution in [3.63, 3.8) is 0 Å². The zero-order chi connectivity index (χ0) is 17.1. The third kappa shape index (κ3) is 4.66. The van der Waals surface area contributed by atoms with Crippen LogP contribution in [0.4, 0.5) is 0 Å². The van der Waals surface area contributed by atoms with E-state index in [1.165, 1.54) is 6.08 Å². The molecular weight excluding hydrogens is 316 g/mol. The number of sulfone groups is 1. The van der Waals surface area contributed by atoms with Crippen molar-refractivity contribution in [1.82, 2.24) is 10.6 Å². The molecule has 124 valence electrons. The highest BCUT2D eigenvalue weighted by Crippen LogP contribution is 2.23. The maximum atomic E-state index is 12.3. The molecule has 2 amide bonds. The lowest BCUT2D eigenvalue weighted by Gasteiger charge is -2.23. The summed E-state index contributed by atoms with van der Waals surface area (Å²) in [6, 6.07) is 6.78. The maximum absolute atomic E-state index is 12.3. The molecule has 1 atom stereocenters. The van der Waals surface area contributed by atoms with Crippen molar-refractivity contribution in [2.24, 2.45) is 0 Å². The minimum Gasteiger partial charge on any atom is -0.348 e. The monoisotopic (exact) mass is 336 g/mol. The Kier molecular flexibility index (Phi) is 4.89. The van der Waals surface area contributed by atoms with Crippen molar-refractivity contribution in [2.75, 3.05) is 11.5 Å². The standard InChI is InChI=1S/C16H20N2O4S/c1-3-14(19)17-10-12-4-6-13(7-5-12)15(20)18-16(2)8-9-23(21,22)11-16/h3-7H,1,8-11H2,2H3,(H,17,19)(H,18,20). The van der Waals surface area contributed by atoms with Crippen LogP contribution in [0.3, 0.4) is 0 Å². The molecule has 1 unspecified atom stereocenters. The Labute approximate surface area is 135 Å². The van der Waals surface area contributed by atoms with Gasteiger partial charge in [0.1, 0.15) is 0 Å². The number of carbonyl (C=O) groups excluding carboxylic acids is 2. The van der Waals surface area contributed by atoms with E-state index in [-0.39, 0.29) is 23.3 Å². The second kappa shape index (κ2) is 6.54. The van der Waals surface area contributed by atoms with Crippen LogP contribution in [0.5, 0.6) is 0 Å². The van der Waals surface area contributed by atoms with E-state index in [4.69, 9.17) is 0 Å². The normalized spacial score (nSPS) is 22.3. The van der Waals surface area contributed by atoms with Crippen LogP contribution in [0.15, 0.2) is 36.9 Å². The number of nitrogens with one attached hydrogen (secondary N) is 2. The van der Waals surface area contributed by atoms with Crippen LogP contribution in [-0.2, 0) is 21.2 Å². The Morgan fingerprint density at radius 1 is 1.30 bits per heavy atom. The highest BCUT2D eigenvalue weighted by Gasteiger charge is 2.39. The summed E-state index contributed by atoms with van der Waals surface area (Å²) in [6.45, 7) is 5.46. The predicted molar refractivity (Wildman–Crippen MR) is 87.6 cm³/mol. The minimum absolute atomic E-state index is 0.0303. The number of hydrogen-bond acceptors (Lipinski definition) is 4. The predicted octanol–water partition coefficient (Wildman–Crippen LogP) is 0.796. The molecule has 1 aliphatic heterocycles. The van der Waals surface area contributed by atoms with Crippen molar-refractivity contribution in [3.05, 3.63) is 48.0 Å². The molecule has 0 bridgehead atoms. The Balaban J connectivity index is 1.98. The molecule has 1 aliphatic rings. The smallest absolute Gasteiger partial charge is 0.251 e. The van der Waals surface area contributed by atoms with E-state index in [1.807, 2.05) is 0 Å². The summed E-state index contributed by atoms with van der Waals surface area (Å²) >= 11 is 0. The van der Waals surface area contributed by atoms with Crippen LogP contribution < -0.4 is 10.6 Å². The molecule has 0 spiro atoms. The fourth-order valence-corrected chi connectivity index (χ4v) is 4.58. The van der Waals surface area contributed by atoms with Crippen molar-refractivity contribution >= 4 is 21.7 Å². The molecule has 7 heteroatoms. The van der Waals surface area contributed by atoms with Crippen molar-refractivity contribution in [1.29, 1.82) is 0 Å². The second-order valence-corrected chi connectivity index (χ2v) is 8.16. The summed E-state index contributed by atoms with van der Waals surface area (Å²) in [4.78, 5) is 23.4. The summed E-state index contributed by atoms with van der Waals surface area (Å²) in [7, 11) is -3.07. The number of amides is 2. The molecule has 1 heterocycles. The highest BCUT2D eigenvalue weighted by molar-refractivity contribution is 7.91. The molecule has 0 radical (unpaired) electrons. The summed E-state index contributed by atoms with van der Waals surface area (Å²) in [5, 5.41) is 5.45. The number of hydrogen-bond donors (Lipinski definition) is 2. The van der Waals surface area contributed by atoms with Gasteiger partial charge in [-0.1, -0.05) is 18.7 Å². The molecule has 1 saturated heterocycles. The average molecular weight is 336 g/mol. The molecular formula is C16H20N2O4S. The summed E-state index contributed by atoms with van der Waals surface area (Å²) in [5.41, 5.74) is 0.590. The largest absolute Gasteiger partial charge is 0.348 e. The van der Waals surface area contributed by atoms with Gasteiger partial charge in [-0.05, 0) is 37.1 Å². The van der Waals surface area contributed by atoms with Crippen LogP contribution in [-0.4, -0.2) is 37.3 Å². The lowest BCUT2D eigenvalue weighted by Crippen LogP contribution is -2.46. The van der Waals surface area contributed by atoms with Crippen LogP contribution in [0.1, 0.15) is 29.3 Å². The Morgan fingerprint density at radius 3 is 2.48 bits per heavy atom. The van der Waals surface area contributed by atoms with Gasteiger partial charge in [0.25, 0.3) is 5.91 Å². The van der Waals surface area contributed by atoms with Gasteiger partial charge in [-0.15, -0.1) is 0 Å². The van der Waals surface area contributed by atoms with Gasteiger partial charge >= 0.3 is 0 Å². The van der Waals surface area contributed by atoms with Crippen LogP contribution >= 0.6 is 0 Å². The van der Waals surface area contributed by atoms with Gasteiger partial charge in [0, 0.05) is 12.1 Å². The lowest BCUT2D eigenvalue weighted by atomic mass is 10.0. The van der Waals surface area contributed by atoms with Crippen LogP contribution in [0.25, 0.3) is 0 Å². The first kappa shape index (κ1) is 17.2.